The molecule has 0 spiro atoms. The van der Waals surface area contributed by atoms with Crippen LogP contribution in [0.15, 0.2) is 59.2 Å². The summed E-state index contributed by atoms with van der Waals surface area (Å²) in [6.07, 6.45) is -3.26. The normalized spacial score (nSPS) is 11.4. The van der Waals surface area contributed by atoms with E-state index in [1.54, 1.807) is 24.3 Å². The standard InChI is InChI=1S/C18H12ClF3N2O2/c19-14-7-1-11(2-8-14)9-23-16(25)15-10-26-17(24-15)12-3-5-13(6-4-12)18(20,21)22/h1-8,10H,9H2,(H,23,25). The number of carbonyl (C=O) groups is 1. The molecule has 0 radical (unpaired) electrons. The highest BCUT2D eigenvalue weighted by molar-refractivity contribution is 6.30. The monoisotopic (exact) mass is 380 g/mol. The summed E-state index contributed by atoms with van der Waals surface area (Å²) in [7, 11) is 0. The molecule has 0 aliphatic heterocycles. The third-order valence-electron chi connectivity index (χ3n) is 3.56. The minimum atomic E-state index is -4.41. The SMILES string of the molecule is O=C(NCc1ccc(Cl)cc1)c1coc(-c2ccc(C(F)(F)F)cc2)n1. The van der Waals surface area contributed by atoms with Crippen LogP contribution in [-0.4, -0.2) is 10.9 Å². The lowest BCUT2D eigenvalue weighted by Crippen LogP contribution is -2.23. The van der Waals surface area contributed by atoms with E-state index in [9.17, 15) is 18.0 Å². The van der Waals surface area contributed by atoms with Gasteiger partial charge in [-0.15, -0.1) is 0 Å². The van der Waals surface area contributed by atoms with Crippen molar-refractivity contribution in [2.75, 3.05) is 0 Å². The van der Waals surface area contributed by atoms with Gasteiger partial charge in [-0.05, 0) is 42.0 Å². The van der Waals surface area contributed by atoms with E-state index in [4.69, 9.17) is 16.0 Å². The zero-order valence-electron chi connectivity index (χ0n) is 13.2. The van der Waals surface area contributed by atoms with Crippen molar-refractivity contribution >= 4 is 17.5 Å². The molecule has 1 aromatic heterocycles. The lowest BCUT2D eigenvalue weighted by molar-refractivity contribution is -0.137. The maximum absolute atomic E-state index is 12.6. The molecule has 0 unspecified atom stereocenters. The number of amides is 1. The Labute approximate surface area is 151 Å². The fourth-order valence-electron chi connectivity index (χ4n) is 2.19. The number of benzene rings is 2. The zero-order chi connectivity index (χ0) is 18.7. The van der Waals surface area contributed by atoms with E-state index >= 15 is 0 Å². The van der Waals surface area contributed by atoms with Crippen LogP contribution in [0.1, 0.15) is 21.6 Å². The minimum Gasteiger partial charge on any atom is -0.444 e. The molecule has 2 aromatic carbocycles. The number of alkyl halides is 3. The molecule has 3 aromatic rings. The van der Waals surface area contributed by atoms with E-state index in [0.717, 1.165) is 24.0 Å². The van der Waals surface area contributed by atoms with Crippen molar-refractivity contribution in [3.05, 3.63) is 76.6 Å². The molecule has 8 heteroatoms. The van der Waals surface area contributed by atoms with Crippen LogP contribution in [0.3, 0.4) is 0 Å². The summed E-state index contributed by atoms with van der Waals surface area (Å²) in [4.78, 5) is 16.1. The van der Waals surface area contributed by atoms with Crippen molar-refractivity contribution in [1.82, 2.24) is 10.3 Å². The summed E-state index contributed by atoms with van der Waals surface area (Å²) in [6.45, 7) is 0.276. The molecule has 0 atom stereocenters. The molecular weight excluding hydrogens is 369 g/mol. The fraction of sp³-hybridized carbons (Fsp3) is 0.111. The highest BCUT2D eigenvalue weighted by Crippen LogP contribution is 2.30. The van der Waals surface area contributed by atoms with Crippen molar-refractivity contribution in [2.24, 2.45) is 0 Å². The molecule has 0 saturated heterocycles. The van der Waals surface area contributed by atoms with Gasteiger partial charge in [0.1, 0.15) is 6.26 Å². The number of rotatable bonds is 4. The van der Waals surface area contributed by atoms with Gasteiger partial charge in [-0.2, -0.15) is 13.2 Å². The maximum Gasteiger partial charge on any atom is 0.416 e. The first kappa shape index (κ1) is 18.0. The largest absolute Gasteiger partial charge is 0.444 e. The Balaban J connectivity index is 1.67. The second kappa shape index (κ2) is 7.21. The number of oxazole rings is 1. The van der Waals surface area contributed by atoms with Crippen molar-refractivity contribution in [1.29, 1.82) is 0 Å². The van der Waals surface area contributed by atoms with E-state index in [0.29, 0.717) is 10.6 Å². The molecule has 0 aliphatic carbocycles. The molecule has 1 N–H and O–H groups in total. The number of hydrogen-bond acceptors (Lipinski definition) is 3. The van der Waals surface area contributed by atoms with Gasteiger partial charge >= 0.3 is 6.18 Å². The van der Waals surface area contributed by atoms with Crippen molar-refractivity contribution in [3.63, 3.8) is 0 Å². The molecule has 3 rings (SSSR count). The van der Waals surface area contributed by atoms with Crippen LogP contribution in [0.25, 0.3) is 11.5 Å². The summed E-state index contributed by atoms with van der Waals surface area (Å²) >= 11 is 5.79. The van der Waals surface area contributed by atoms with E-state index in [2.05, 4.69) is 10.3 Å². The Morgan fingerprint density at radius 3 is 2.35 bits per heavy atom. The lowest BCUT2D eigenvalue weighted by atomic mass is 10.1. The second-order valence-corrected chi connectivity index (χ2v) is 5.86. The van der Waals surface area contributed by atoms with Crippen LogP contribution in [0.2, 0.25) is 5.02 Å². The predicted molar refractivity (Wildman–Crippen MR) is 89.6 cm³/mol. The van der Waals surface area contributed by atoms with Gasteiger partial charge in [0.05, 0.1) is 5.56 Å². The average molecular weight is 381 g/mol. The topological polar surface area (TPSA) is 55.1 Å². The number of nitrogens with zero attached hydrogens (tertiary/aromatic N) is 1. The Morgan fingerprint density at radius 2 is 1.73 bits per heavy atom. The van der Waals surface area contributed by atoms with Crippen LogP contribution in [-0.2, 0) is 12.7 Å². The summed E-state index contributed by atoms with van der Waals surface area (Å²) < 4.78 is 42.9. The smallest absolute Gasteiger partial charge is 0.416 e. The number of nitrogens with one attached hydrogen (secondary N) is 1. The Hall–Kier alpha value is -2.80. The van der Waals surface area contributed by atoms with Crippen LogP contribution in [0.5, 0.6) is 0 Å². The van der Waals surface area contributed by atoms with E-state index < -0.39 is 17.6 Å². The summed E-state index contributed by atoms with van der Waals surface area (Å²) in [5.74, 6) is -0.391. The van der Waals surface area contributed by atoms with Gasteiger partial charge in [-0.1, -0.05) is 23.7 Å². The number of hydrogen-bond donors (Lipinski definition) is 1. The first-order valence-electron chi connectivity index (χ1n) is 7.49. The quantitative estimate of drug-likeness (QED) is 0.697. The number of carbonyl (C=O) groups excluding carboxylic acids is 1. The maximum atomic E-state index is 12.6. The molecule has 0 saturated carbocycles. The third-order valence-corrected chi connectivity index (χ3v) is 3.81. The molecule has 0 aliphatic rings. The van der Waals surface area contributed by atoms with Crippen molar-refractivity contribution in [2.45, 2.75) is 12.7 Å². The van der Waals surface area contributed by atoms with Gasteiger partial charge in [0.15, 0.2) is 5.69 Å². The molecule has 0 fully saturated rings. The number of halogens is 4. The highest BCUT2D eigenvalue weighted by Gasteiger charge is 2.30. The first-order valence-corrected chi connectivity index (χ1v) is 7.86. The van der Waals surface area contributed by atoms with Crippen LogP contribution < -0.4 is 5.32 Å². The Kier molecular flexibility index (Phi) is 4.99. The Bertz CT molecular complexity index is 903. The fourth-order valence-corrected chi connectivity index (χ4v) is 2.31. The van der Waals surface area contributed by atoms with E-state index in [-0.39, 0.29) is 18.1 Å². The van der Waals surface area contributed by atoms with Gasteiger partial charge in [0, 0.05) is 17.1 Å². The predicted octanol–water partition coefficient (Wildman–Crippen LogP) is 4.94. The zero-order valence-corrected chi connectivity index (χ0v) is 13.9. The molecule has 26 heavy (non-hydrogen) atoms. The van der Waals surface area contributed by atoms with Gasteiger partial charge in [-0.3, -0.25) is 4.79 Å². The van der Waals surface area contributed by atoms with Crippen LogP contribution >= 0.6 is 11.6 Å². The molecule has 134 valence electrons. The van der Waals surface area contributed by atoms with E-state index in [1.165, 1.54) is 12.1 Å². The molecule has 1 amide bonds. The second-order valence-electron chi connectivity index (χ2n) is 5.42. The van der Waals surface area contributed by atoms with Gasteiger partial charge in [0.2, 0.25) is 5.89 Å². The lowest BCUT2D eigenvalue weighted by Gasteiger charge is -2.06. The highest BCUT2D eigenvalue weighted by atomic mass is 35.5. The first-order chi connectivity index (χ1) is 12.3. The molecular formula is C18H12ClF3N2O2. The van der Waals surface area contributed by atoms with Crippen molar-refractivity contribution < 1.29 is 22.4 Å². The van der Waals surface area contributed by atoms with Crippen LogP contribution in [0, 0.1) is 0 Å². The summed E-state index contributed by atoms with van der Waals surface area (Å²) in [6, 6.07) is 11.3. The Morgan fingerprint density at radius 1 is 1.08 bits per heavy atom. The molecule has 4 nitrogen and oxygen atoms in total. The summed E-state index contributed by atoms with van der Waals surface area (Å²) in [5, 5.41) is 3.27. The van der Waals surface area contributed by atoms with E-state index in [1.807, 2.05) is 0 Å². The molecule has 0 bridgehead atoms. The number of aromatic nitrogens is 1. The average Bonchev–Trinajstić information content (AvgIpc) is 3.10. The van der Waals surface area contributed by atoms with Crippen LogP contribution in [0.4, 0.5) is 13.2 Å². The van der Waals surface area contributed by atoms with Gasteiger partial charge < -0.3 is 9.73 Å². The van der Waals surface area contributed by atoms with Gasteiger partial charge in [-0.25, -0.2) is 4.98 Å². The summed E-state index contributed by atoms with van der Waals surface area (Å²) in [5.41, 5.74) is 0.464. The molecule has 1 heterocycles. The minimum absolute atomic E-state index is 0.0360. The van der Waals surface area contributed by atoms with Gasteiger partial charge in [0.25, 0.3) is 5.91 Å². The third kappa shape index (κ3) is 4.23. The van der Waals surface area contributed by atoms with Crippen molar-refractivity contribution in [3.8, 4) is 11.5 Å².